The number of rotatable bonds is 29. The van der Waals surface area contributed by atoms with Gasteiger partial charge in [-0.3, -0.25) is 19.2 Å². The third-order valence-electron chi connectivity index (χ3n) is 7.02. The second-order valence-electron chi connectivity index (χ2n) is 11.4. The van der Waals surface area contributed by atoms with Crippen molar-refractivity contribution in [2.45, 2.75) is 194 Å². The second kappa shape index (κ2) is 38.9. The quantitative estimate of drug-likeness (QED) is 0.0618. The topological polar surface area (TPSA) is 149 Å². The molecule has 0 atom stereocenters. The first-order chi connectivity index (χ1) is 20.2. The van der Waals surface area contributed by atoms with E-state index in [0.717, 1.165) is 25.7 Å². The van der Waals surface area contributed by atoms with Crippen LogP contribution in [-0.4, -0.2) is 44.3 Å². The van der Waals surface area contributed by atoms with Gasteiger partial charge in [0.15, 0.2) is 0 Å². The predicted octanol–water partition coefficient (Wildman–Crippen LogP) is 10.3. The Morgan fingerprint density at radius 2 is 0.429 bits per heavy atom. The molecular weight excluding hydrogens is 536 g/mol. The van der Waals surface area contributed by atoms with Crippen molar-refractivity contribution in [2.24, 2.45) is 0 Å². The van der Waals surface area contributed by atoms with Crippen LogP contribution in [-0.2, 0) is 19.2 Å². The molecule has 0 heterocycles. The molecule has 8 nitrogen and oxygen atoms in total. The zero-order valence-electron chi connectivity index (χ0n) is 27.2. The van der Waals surface area contributed by atoms with Crippen molar-refractivity contribution in [1.29, 1.82) is 0 Å². The minimum absolute atomic E-state index is 0.0628. The number of carboxylic acid groups (broad SMARTS) is 4. The summed E-state index contributed by atoms with van der Waals surface area (Å²) in [6.07, 6.45) is 29.7. The minimum atomic E-state index is -0.870. The molecule has 42 heavy (non-hydrogen) atoms. The first-order valence-electron chi connectivity index (χ1n) is 17.0. The lowest BCUT2D eigenvalue weighted by molar-refractivity contribution is -0.139. The molecule has 0 aliphatic heterocycles. The van der Waals surface area contributed by atoms with Gasteiger partial charge < -0.3 is 20.4 Å². The molecule has 0 aromatic carbocycles. The first kappa shape index (κ1) is 44.3. The van der Waals surface area contributed by atoms with Crippen molar-refractivity contribution in [3.8, 4) is 0 Å². The van der Waals surface area contributed by atoms with E-state index in [0.29, 0.717) is 25.7 Å². The van der Waals surface area contributed by atoms with Crippen molar-refractivity contribution < 1.29 is 39.6 Å². The first-order valence-corrected chi connectivity index (χ1v) is 17.0. The van der Waals surface area contributed by atoms with Gasteiger partial charge in [-0.1, -0.05) is 142 Å². The van der Waals surface area contributed by atoms with Crippen LogP contribution in [0.25, 0.3) is 0 Å². The van der Waals surface area contributed by atoms with E-state index in [4.69, 9.17) is 20.4 Å². The summed E-state index contributed by atoms with van der Waals surface area (Å²) in [4.78, 5) is 40.3. The van der Waals surface area contributed by atoms with Gasteiger partial charge in [-0.15, -0.1) is 0 Å². The average molecular weight is 603 g/mol. The molecule has 0 amide bonds. The van der Waals surface area contributed by atoms with Crippen molar-refractivity contribution in [1.82, 2.24) is 0 Å². The maximum absolute atomic E-state index is 10.3. The van der Waals surface area contributed by atoms with Crippen LogP contribution in [0, 0.1) is 0 Å². The summed E-state index contributed by atoms with van der Waals surface area (Å²) in [6, 6.07) is 0. The zero-order chi connectivity index (χ0) is 32.1. The fraction of sp³-hybridized carbons (Fsp3) is 0.882. The third kappa shape index (κ3) is 54.0. The summed E-state index contributed by atoms with van der Waals surface area (Å²) in [5, 5.41) is 33.2. The second-order valence-corrected chi connectivity index (χ2v) is 11.4. The van der Waals surface area contributed by atoms with Gasteiger partial charge in [0, 0.05) is 25.7 Å². The lowest BCUT2D eigenvalue weighted by Crippen LogP contribution is -1.97. The van der Waals surface area contributed by atoms with Crippen LogP contribution in [0.2, 0.25) is 0 Å². The Hall–Kier alpha value is -2.12. The van der Waals surface area contributed by atoms with Crippen molar-refractivity contribution in [2.75, 3.05) is 0 Å². The average Bonchev–Trinajstić information content (AvgIpc) is 2.93. The molecule has 0 radical (unpaired) electrons. The summed E-state index contributed by atoms with van der Waals surface area (Å²) in [7, 11) is 0. The van der Waals surface area contributed by atoms with E-state index < -0.39 is 23.9 Å². The highest BCUT2D eigenvalue weighted by molar-refractivity contribution is 5.68. The Bertz CT molecular complexity index is 554. The number of hydrogen-bond acceptors (Lipinski definition) is 4. The molecule has 0 spiro atoms. The number of hydrogen-bond donors (Lipinski definition) is 4. The van der Waals surface area contributed by atoms with Gasteiger partial charge >= 0.3 is 23.9 Å². The molecule has 0 bridgehead atoms. The smallest absolute Gasteiger partial charge is 0.303 e. The molecule has 4 N–H and O–H groups in total. The molecule has 0 aliphatic rings. The summed E-state index contributed by atoms with van der Waals surface area (Å²) in [5.41, 5.74) is 0. The van der Waals surface area contributed by atoms with Gasteiger partial charge in [-0.05, 0) is 25.7 Å². The molecule has 0 aromatic heterocycles. The molecule has 0 saturated heterocycles. The van der Waals surface area contributed by atoms with E-state index in [1.807, 2.05) is 0 Å². The van der Waals surface area contributed by atoms with Crippen LogP contribution >= 0.6 is 0 Å². The van der Waals surface area contributed by atoms with E-state index in [9.17, 15) is 19.2 Å². The van der Waals surface area contributed by atoms with Crippen LogP contribution in [0.5, 0.6) is 0 Å². The Balaban J connectivity index is -0.000000560. The summed E-state index contributed by atoms with van der Waals surface area (Å²) in [5.74, 6) is -3.05. The molecule has 0 fully saturated rings. The highest BCUT2D eigenvalue weighted by Crippen LogP contribution is 2.13. The molecule has 250 valence electrons. The SMILES string of the molecule is CCCCCCCCCCCCCC(=O)O.CCCCCCCCCCCCCC(=O)O.O=C(O)CCCCC(=O)O. The highest BCUT2D eigenvalue weighted by atomic mass is 16.4. The van der Waals surface area contributed by atoms with Crippen LogP contribution in [0.1, 0.15) is 194 Å². The lowest BCUT2D eigenvalue weighted by Gasteiger charge is -2.01. The molecule has 0 unspecified atom stereocenters. The maximum atomic E-state index is 10.3. The van der Waals surface area contributed by atoms with Crippen LogP contribution in [0.4, 0.5) is 0 Å². The standard InChI is InChI=1S/2C14H28O2.C6H10O4/c2*1-2-3-4-5-6-7-8-9-10-11-12-13-14(15)16;7-5(8)3-1-2-4-6(9)10/h2*2-13H2,1H3,(H,15,16);1-4H2,(H,7,8)(H,9,10). The molecule has 8 heteroatoms. The van der Waals surface area contributed by atoms with E-state index in [2.05, 4.69) is 13.8 Å². The molecule has 0 rings (SSSR count). The van der Waals surface area contributed by atoms with Crippen molar-refractivity contribution in [3.63, 3.8) is 0 Å². The van der Waals surface area contributed by atoms with E-state index >= 15 is 0 Å². The molecule has 0 aliphatic carbocycles. The van der Waals surface area contributed by atoms with Gasteiger partial charge in [-0.25, -0.2) is 0 Å². The highest BCUT2D eigenvalue weighted by Gasteiger charge is 2.00. The van der Waals surface area contributed by atoms with Gasteiger partial charge in [0.1, 0.15) is 0 Å². The van der Waals surface area contributed by atoms with Gasteiger partial charge in [-0.2, -0.15) is 0 Å². The normalized spacial score (nSPS) is 10.2. The van der Waals surface area contributed by atoms with Crippen LogP contribution < -0.4 is 0 Å². The summed E-state index contributed by atoms with van der Waals surface area (Å²) in [6.45, 7) is 4.49. The largest absolute Gasteiger partial charge is 0.481 e. The van der Waals surface area contributed by atoms with E-state index in [1.165, 1.54) is 116 Å². The Morgan fingerprint density at radius 1 is 0.286 bits per heavy atom. The number of carboxylic acids is 4. The van der Waals surface area contributed by atoms with E-state index in [-0.39, 0.29) is 12.8 Å². The predicted molar refractivity (Wildman–Crippen MR) is 171 cm³/mol. The molecular formula is C34H66O8. The van der Waals surface area contributed by atoms with Gasteiger partial charge in [0.05, 0.1) is 0 Å². The Morgan fingerprint density at radius 3 is 0.595 bits per heavy atom. The minimum Gasteiger partial charge on any atom is -0.481 e. The summed E-state index contributed by atoms with van der Waals surface area (Å²) >= 11 is 0. The fourth-order valence-electron chi connectivity index (χ4n) is 4.43. The number of unbranched alkanes of at least 4 members (excludes halogenated alkanes) is 21. The van der Waals surface area contributed by atoms with Crippen LogP contribution in [0.15, 0.2) is 0 Å². The molecule has 0 saturated carbocycles. The monoisotopic (exact) mass is 602 g/mol. The zero-order valence-corrected chi connectivity index (χ0v) is 27.2. The van der Waals surface area contributed by atoms with Gasteiger partial charge in [0.25, 0.3) is 0 Å². The molecule has 0 aromatic rings. The fourth-order valence-corrected chi connectivity index (χ4v) is 4.43. The van der Waals surface area contributed by atoms with Gasteiger partial charge in [0.2, 0.25) is 0 Å². The van der Waals surface area contributed by atoms with E-state index in [1.54, 1.807) is 0 Å². The maximum Gasteiger partial charge on any atom is 0.303 e. The number of aliphatic carboxylic acids is 4. The Labute approximate surface area is 257 Å². The third-order valence-corrected chi connectivity index (χ3v) is 7.02. The Kier molecular flexibility index (Phi) is 41.0. The lowest BCUT2D eigenvalue weighted by atomic mass is 10.1. The summed E-state index contributed by atoms with van der Waals surface area (Å²) < 4.78 is 0. The van der Waals surface area contributed by atoms with Crippen LogP contribution in [0.3, 0.4) is 0 Å². The van der Waals surface area contributed by atoms with Crippen molar-refractivity contribution in [3.05, 3.63) is 0 Å². The number of carbonyl (C=O) groups is 4. The van der Waals surface area contributed by atoms with Crippen molar-refractivity contribution >= 4 is 23.9 Å².